The molecule has 1 fully saturated rings. The van der Waals surface area contributed by atoms with Gasteiger partial charge in [0.2, 0.25) is 0 Å². The van der Waals surface area contributed by atoms with E-state index < -0.39 is 5.97 Å². The molecule has 1 N–H and O–H groups in total. The normalized spacial score (nSPS) is 14.4. The van der Waals surface area contributed by atoms with Crippen molar-refractivity contribution in [2.24, 2.45) is 0 Å². The number of aliphatic carboxylic acids is 1. The molecule has 0 aliphatic heterocycles. The molecule has 0 amide bonds. The van der Waals surface area contributed by atoms with Crippen LogP contribution in [0.15, 0.2) is 78.9 Å². The number of hydrogen-bond donors (Lipinski definition) is 1. The Morgan fingerprint density at radius 1 is 0.897 bits per heavy atom. The van der Waals surface area contributed by atoms with Crippen molar-refractivity contribution in [2.75, 3.05) is 4.90 Å². The number of nitrogens with zero attached hydrogens (tertiary/aromatic N) is 1. The van der Waals surface area contributed by atoms with Gasteiger partial charge >= 0.3 is 5.97 Å². The van der Waals surface area contributed by atoms with Crippen molar-refractivity contribution in [1.29, 1.82) is 0 Å². The maximum atomic E-state index is 11.4. The Kier molecular flexibility index (Phi) is 5.59. The molecule has 0 radical (unpaired) electrons. The maximum Gasteiger partial charge on any atom is 0.304 e. The number of carbonyl (C=O) groups is 1. The van der Waals surface area contributed by atoms with Crippen molar-refractivity contribution < 1.29 is 9.90 Å². The standard InChI is InChI=1S/C25H24ClNO2/c26-22-12-11-21(25(13-14-25)16-24(28)29)15-23(22)27(17-19-7-3-1-4-8-19)18-20-9-5-2-6-10-20/h1-12,15H,13-14,16-18H2,(H,28,29). The van der Waals surface area contributed by atoms with Crippen molar-refractivity contribution in [3.8, 4) is 0 Å². The first-order valence-electron chi connectivity index (χ1n) is 9.90. The molecule has 0 aromatic heterocycles. The highest BCUT2D eigenvalue weighted by atomic mass is 35.5. The lowest BCUT2D eigenvalue weighted by Crippen LogP contribution is -2.23. The Bertz CT molecular complexity index is 943. The first-order valence-corrected chi connectivity index (χ1v) is 10.3. The molecule has 29 heavy (non-hydrogen) atoms. The van der Waals surface area contributed by atoms with Gasteiger partial charge in [-0.15, -0.1) is 0 Å². The highest BCUT2D eigenvalue weighted by Crippen LogP contribution is 2.52. The Hall–Kier alpha value is -2.78. The van der Waals surface area contributed by atoms with Crippen LogP contribution in [-0.4, -0.2) is 11.1 Å². The van der Waals surface area contributed by atoms with Crippen molar-refractivity contribution >= 4 is 23.3 Å². The van der Waals surface area contributed by atoms with Crippen molar-refractivity contribution in [1.82, 2.24) is 0 Å². The first-order chi connectivity index (χ1) is 14.1. The van der Waals surface area contributed by atoms with Crippen molar-refractivity contribution in [2.45, 2.75) is 37.8 Å². The smallest absolute Gasteiger partial charge is 0.304 e. The summed E-state index contributed by atoms with van der Waals surface area (Å²) < 4.78 is 0. The van der Waals surface area contributed by atoms with Gasteiger partial charge < -0.3 is 10.0 Å². The van der Waals surface area contributed by atoms with E-state index >= 15 is 0 Å². The van der Waals surface area contributed by atoms with E-state index in [0.717, 1.165) is 37.2 Å². The van der Waals surface area contributed by atoms with E-state index in [4.69, 9.17) is 11.6 Å². The number of benzene rings is 3. The molecule has 1 saturated carbocycles. The maximum absolute atomic E-state index is 11.4. The van der Waals surface area contributed by atoms with E-state index in [1.807, 2.05) is 48.5 Å². The molecule has 0 atom stereocenters. The third-order valence-electron chi connectivity index (χ3n) is 5.67. The molecule has 3 aromatic rings. The second-order valence-corrected chi connectivity index (χ2v) is 8.25. The van der Waals surface area contributed by atoms with E-state index in [1.165, 1.54) is 11.1 Å². The summed E-state index contributed by atoms with van der Waals surface area (Å²) in [5.41, 5.74) is 4.20. The molecule has 0 spiro atoms. The summed E-state index contributed by atoms with van der Waals surface area (Å²) in [6.45, 7) is 1.45. The van der Waals surface area contributed by atoms with Crippen molar-refractivity contribution in [3.05, 3.63) is 101 Å². The minimum atomic E-state index is -0.746. The number of rotatable bonds is 8. The van der Waals surface area contributed by atoms with Gasteiger partial charge in [0.25, 0.3) is 0 Å². The molecular weight excluding hydrogens is 382 g/mol. The van der Waals surface area contributed by atoms with Gasteiger partial charge in [0.05, 0.1) is 17.1 Å². The molecule has 0 saturated heterocycles. The molecule has 1 aliphatic rings. The Morgan fingerprint density at radius 2 is 1.45 bits per heavy atom. The minimum absolute atomic E-state index is 0.172. The second kappa shape index (κ2) is 8.30. The molecule has 1 aliphatic carbocycles. The largest absolute Gasteiger partial charge is 0.481 e. The van der Waals surface area contributed by atoms with Gasteiger partial charge in [-0.05, 0) is 41.7 Å². The van der Waals surface area contributed by atoms with Crippen LogP contribution in [0.3, 0.4) is 0 Å². The van der Waals surface area contributed by atoms with Gasteiger partial charge in [-0.3, -0.25) is 4.79 Å². The first kappa shape index (κ1) is 19.5. The molecule has 0 unspecified atom stereocenters. The molecule has 4 rings (SSSR count). The van der Waals surface area contributed by atoms with Crippen LogP contribution in [0.2, 0.25) is 5.02 Å². The zero-order valence-corrected chi connectivity index (χ0v) is 17.0. The third-order valence-corrected chi connectivity index (χ3v) is 5.99. The summed E-state index contributed by atoms with van der Waals surface area (Å²) in [4.78, 5) is 13.6. The molecule has 4 heteroatoms. The van der Waals surface area contributed by atoms with E-state index in [9.17, 15) is 9.90 Å². The fourth-order valence-corrected chi connectivity index (χ4v) is 4.16. The highest BCUT2D eigenvalue weighted by molar-refractivity contribution is 6.33. The summed E-state index contributed by atoms with van der Waals surface area (Å²) >= 11 is 6.64. The average molecular weight is 406 g/mol. The summed E-state index contributed by atoms with van der Waals surface area (Å²) in [6, 6.07) is 26.7. The lowest BCUT2D eigenvalue weighted by atomic mass is 9.92. The zero-order chi connectivity index (χ0) is 20.3. The summed E-state index contributed by atoms with van der Waals surface area (Å²) in [6.07, 6.45) is 2.00. The van der Waals surface area contributed by atoms with Crippen LogP contribution < -0.4 is 4.90 Å². The van der Waals surface area contributed by atoms with Gasteiger partial charge in [0.15, 0.2) is 0 Å². The van der Waals surface area contributed by atoms with Gasteiger partial charge in [0.1, 0.15) is 0 Å². The Labute approximate surface area is 176 Å². The lowest BCUT2D eigenvalue weighted by Gasteiger charge is -2.28. The summed E-state index contributed by atoms with van der Waals surface area (Å²) in [7, 11) is 0. The second-order valence-electron chi connectivity index (χ2n) is 7.84. The van der Waals surface area contributed by atoms with E-state index in [1.54, 1.807) is 0 Å². The fraction of sp³-hybridized carbons (Fsp3) is 0.240. The quantitative estimate of drug-likeness (QED) is 0.495. The highest BCUT2D eigenvalue weighted by Gasteiger charge is 2.46. The third kappa shape index (κ3) is 4.63. The minimum Gasteiger partial charge on any atom is -0.481 e. The molecular formula is C25H24ClNO2. The summed E-state index contributed by atoms with van der Waals surface area (Å²) in [5.74, 6) is -0.746. The summed E-state index contributed by atoms with van der Waals surface area (Å²) in [5, 5.41) is 10.0. The number of anilines is 1. The molecule has 3 aromatic carbocycles. The molecule has 148 valence electrons. The van der Waals surface area contributed by atoms with Crippen molar-refractivity contribution in [3.63, 3.8) is 0 Å². The monoisotopic (exact) mass is 405 g/mol. The average Bonchev–Trinajstić information content (AvgIpc) is 3.49. The topological polar surface area (TPSA) is 40.5 Å². The number of carboxylic acid groups (broad SMARTS) is 1. The van der Waals surface area contributed by atoms with Crippen LogP contribution in [0.25, 0.3) is 0 Å². The Morgan fingerprint density at radius 3 is 1.93 bits per heavy atom. The van der Waals surface area contributed by atoms with Gasteiger partial charge in [-0.25, -0.2) is 0 Å². The van der Waals surface area contributed by atoms with Crippen LogP contribution >= 0.6 is 11.6 Å². The molecule has 3 nitrogen and oxygen atoms in total. The SMILES string of the molecule is O=C(O)CC1(c2ccc(Cl)c(N(Cc3ccccc3)Cc3ccccc3)c2)CC1. The number of hydrogen-bond acceptors (Lipinski definition) is 2. The Balaban J connectivity index is 1.69. The molecule has 0 bridgehead atoms. The predicted molar refractivity (Wildman–Crippen MR) is 117 cm³/mol. The van der Waals surface area contributed by atoms with Crippen LogP contribution in [0, 0.1) is 0 Å². The van der Waals surface area contributed by atoms with Crippen LogP contribution in [0.5, 0.6) is 0 Å². The van der Waals surface area contributed by atoms with E-state index in [0.29, 0.717) is 5.02 Å². The predicted octanol–water partition coefficient (Wildman–Crippen LogP) is 6.05. The van der Waals surface area contributed by atoms with Gasteiger partial charge in [-0.2, -0.15) is 0 Å². The molecule has 0 heterocycles. The van der Waals surface area contributed by atoms with Crippen LogP contribution in [0.4, 0.5) is 5.69 Å². The fourth-order valence-electron chi connectivity index (χ4n) is 3.93. The zero-order valence-electron chi connectivity index (χ0n) is 16.2. The lowest BCUT2D eigenvalue weighted by molar-refractivity contribution is -0.137. The van der Waals surface area contributed by atoms with E-state index in [-0.39, 0.29) is 11.8 Å². The van der Waals surface area contributed by atoms with Gasteiger partial charge in [0, 0.05) is 18.5 Å². The van der Waals surface area contributed by atoms with Gasteiger partial charge in [-0.1, -0.05) is 78.3 Å². The van der Waals surface area contributed by atoms with E-state index in [2.05, 4.69) is 35.2 Å². The van der Waals surface area contributed by atoms with Crippen LogP contribution in [-0.2, 0) is 23.3 Å². The van der Waals surface area contributed by atoms with Crippen LogP contribution in [0.1, 0.15) is 36.0 Å². The number of carboxylic acids is 1. The number of halogens is 1.